The molecule has 2 heteroatoms. The molecule has 94 valence electrons. The normalized spacial score (nSPS) is 30.4. The summed E-state index contributed by atoms with van der Waals surface area (Å²) >= 11 is 0. The Balaban J connectivity index is 2.11. The highest BCUT2D eigenvalue weighted by atomic mass is 15.3. The van der Waals surface area contributed by atoms with E-state index in [0.29, 0.717) is 11.6 Å². The van der Waals surface area contributed by atoms with E-state index >= 15 is 0 Å². The van der Waals surface area contributed by atoms with Crippen molar-refractivity contribution in [3.05, 3.63) is 35.9 Å². The Morgan fingerprint density at radius 3 is 2.71 bits per heavy atom. The molecule has 17 heavy (non-hydrogen) atoms. The van der Waals surface area contributed by atoms with Gasteiger partial charge in [0.15, 0.2) is 0 Å². The van der Waals surface area contributed by atoms with Crippen molar-refractivity contribution in [3.8, 4) is 0 Å². The molecule has 0 amide bonds. The van der Waals surface area contributed by atoms with Gasteiger partial charge in [0.05, 0.1) is 0 Å². The molecule has 1 aromatic carbocycles. The van der Waals surface area contributed by atoms with Gasteiger partial charge in [-0.25, -0.2) is 0 Å². The second-order valence-corrected chi connectivity index (χ2v) is 5.50. The van der Waals surface area contributed by atoms with Crippen molar-refractivity contribution in [3.63, 3.8) is 0 Å². The largest absolute Gasteiger partial charge is 0.311 e. The minimum atomic E-state index is 0.294. The highest BCUT2D eigenvalue weighted by Crippen LogP contribution is 2.24. The molecule has 1 aliphatic rings. The molecule has 0 bridgehead atoms. The van der Waals surface area contributed by atoms with Gasteiger partial charge in [0.1, 0.15) is 0 Å². The molecule has 2 rings (SSSR count). The summed E-state index contributed by atoms with van der Waals surface area (Å²) in [5.41, 5.74) is 1.71. The third-order valence-electron chi connectivity index (χ3n) is 4.07. The zero-order valence-electron chi connectivity index (χ0n) is 11.2. The highest BCUT2D eigenvalue weighted by molar-refractivity contribution is 5.15. The van der Waals surface area contributed by atoms with Gasteiger partial charge in [0.2, 0.25) is 0 Å². The van der Waals surface area contributed by atoms with Crippen molar-refractivity contribution in [2.24, 2.45) is 0 Å². The Morgan fingerprint density at radius 1 is 1.35 bits per heavy atom. The van der Waals surface area contributed by atoms with Crippen molar-refractivity contribution in [2.45, 2.75) is 45.3 Å². The van der Waals surface area contributed by atoms with E-state index in [1.54, 1.807) is 0 Å². The number of nitrogens with zero attached hydrogens (tertiary/aromatic N) is 1. The van der Waals surface area contributed by atoms with Gasteiger partial charge in [-0.15, -0.1) is 0 Å². The van der Waals surface area contributed by atoms with Crippen LogP contribution >= 0.6 is 0 Å². The second kappa shape index (κ2) is 5.19. The van der Waals surface area contributed by atoms with Crippen molar-refractivity contribution >= 4 is 0 Å². The molecule has 2 atom stereocenters. The summed E-state index contributed by atoms with van der Waals surface area (Å²) in [6.07, 6.45) is 1.19. The second-order valence-electron chi connectivity index (χ2n) is 5.50. The zero-order chi connectivity index (χ0) is 12.3. The van der Waals surface area contributed by atoms with Crippen LogP contribution in [0, 0.1) is 0 Å². The number of hydrogen-bond donors (Lipinski definition) is 1. The van der Waals surface area contributed by atoms with Crippen LogP contribution in [0.3, 0.4) is 0 Å². The molecular weight excluding hydrogens is 208 g/mol. The molecule has 1 fully saturated rings. The maximum Gasteiger partial charge on any atom is 0.0307 e. The molecule has 2 unspecified atom stereocenters. The van der Waals surface area contributed by atoms with Gasteiger partial charge in [0.25, 0.3) is 0 Å². The van der Waals surface area contributed by atoms with E-state index < -0.39 is 0 Å². The Bertz CT molecular complexity index is 349. The minimum Gasteiger partial charge on any atom is -0.311 e. The first kappa shape index (κ1) is 12.6. The molecule has 0 radical (unpaired) electrons. The third kappa shape index (κ3) is 2.88. The topological polar surface area (TPSA) is 15.3 Å². The first-order valence-electron chi connectivity index (χ1n) is 6.66. The van der Waals surface area contributed by atoms with Crippen LogP contribution in [-0.4, -0.2) is 29.6 Å². The lowest BCUT2D eigenvalue weighted by atomic mass is 9.92. The molecule has 1 heterocycles. The van der Waals surface area contributed by atoms with Gasteiger partial charge < -0.3 is 5.32 Å². The van der Waals surface area contributed by atoms with Gasteiger partial charge in [0, 0.05) is 31.2 Å². The number of benzene rings is 1. The molecule has 1 saturated heterocycles. The molecule has 0 spiro atoms. The number of rotatable bonds is 3. The number of hydrogen-bond acceptors (Lipinski definition) is 2. The highest BCUT2D eigenvalue weighted by Gasteiger charge is 2.34. The fourth-order valence-corrected chi connectivity index (χ4v) is 2.53. The smallest absolute Gasteiger partial charge is 0.0307 e. The van der Waals surface area contributed by atoms with Gasteiger partial charge in [-0.2, -0.15) is 0 Å². The van der Waals surface area contributed by atoms with E-state index in [9.17, 15) is 0 Å². The summed E-state index contributed by atoms with van der Waals surface area (Å²) in [4.78, 5) is 2.63. The predicted octanol–water partition coefficient (Wildman–Crippen LogP) is 2.65. The molecule has 1 N–H and O–H groups in total. The maximum atomic E-state index is 3.60. The monoisotopic (exact) mass is 232 g/mol. The lowest BCUT2D eigenvalue weighted by Crippen LogP contribution is -2.61. The van der Waals surface area contributed by atoms with Gasteiger partial charge in [-0.3, -0.25) is 4.90 Å². The van der Waals surface area contributed by atoms with E-state index in [2.05, 4.69) is 61.3 Å². The van der Waals surface area contributed by atoms with E-state index in [4.69, 9.17) is 0 Å². The molecule has 0 saturated carbocycles. The Morgan fingerprint density at radius 2 is 2.06 bits per heavy atom. The van der Waals surface area contributed by atoms with Gasteiger partial charge in [-0.1, -0.05) is 37.3 Å². The summed E-state index contributed by atoms with van der Waals surface area (Å²) in [7, 11) is 0. The van der Waals surface area contributed by atoms with Crippen molar-refractivity contribution in [1.29, 1.82) is 0 Å². The van der Waals surface area contributed by atoms with Crippen LogP contribution < -0.4 is 5.32 Å². The zero-order valence-corrected chi connectivity index (χ0v) is 11.2. The van der Waals surface area contributed by atoms with Crippen LogP contribution in [0.2, 0.25) is 0 Å². The van der Waals surface area contributed by atoms with Crippen LogP contribution in [0.4, 0.5) is 0 Å². The minimum absolute atomic E-state index is 0.294. The molecule has 1 aromatic rings. The first-order valence-corrected chi connectivity index (χ1v) is 6.66. The molecule has 2 nitrogen and oxygen atoms in total. The molecule has 0 aromatic heterocycles. The van der Waals surface area contributed by atoms with Crippen molar-refractivity contribution < 1.29 is 0 Å². The summed E-state index contributed by atoms with van der Waals surface area (Å²) in [6.45, 7) is 10.2. The van der Waals surface area contributed by atoms with Crippen LogP contribution in [0.25, 0.3) is 0 Å². The number of nitrogens with one attached hydrogen (secondary N) is 1. The molecule has 1 aliphatic heterocycles. The average Bonchev–Trinajstić information content (AvgIpc) is 2.35. The summed E-state index contributed by atoms with van der Waals surface area (Å²) in [6, 6.07) is 11.4. The third-order valence-corrected chi connectivity index (χ3v) is 4.07. The van der Waals surface area contributed by atoms with E-state index in [-0.39, 0.29) is 0 Å². The van der Waals surface area contributed by atoms with Gasteiger partial charge >= 0.3 is 0 Å². The Hall–Kier alpha value is -0.860. The summed E-state index contributed by atoms with van der Waals surface area (Å²) in [5, 5.41) is 3.60. The van der Waals surface area contributed by atoms with Crippen LogP contribution in [0.1, 0.15) is 32.8 Å². The Labute approximate surface area is 105 Å². The van der Waals surface area contributed by atoms with Crippen molar-refractivity contribution in [1.82, 2.24) is 10.2 Å². The standard InChI is InChI=1S/C15H24N2/c1-4-15(3)12-16-13(2)10-17(15)11-14-8-6-5-7-9-14/h5-9,13,16H,4,10-12H2,1-3H3. The van der Waals surface area contributed by atoms with Crippen LogP contribution in [0.15, 0.2) is 30.3 Å². The fraction of sp³-hybridized carbons (Fsp3) is 0.600. The van der Waals surface area contributed by atoms with Crippen molar-refractivity contribution in [2.75, 3.05) is 13.1 Å². The summed E-state index contributed by atoms with van der Waals surface area (Å²) in [5.74, 6) is 0. The summed E-state index contributed by atoms with van der Waals surface area (Å²) < 4.78 is 0. The molecule has 0 aliphatic carbocycles. The van der Waals surface area contributed by atoms with E-state index in [0.717, 1.165) is 19.6 Å². The SMILES string of the molecule is CCC1(C)CNC(C)CN1Cc1ccccc1. The number of piperazine rings is 1. The van der Waals surface area contributed by atoms with Crippen LogP contribution in [0.5, 0.6) is 0 Å². The first-order chi connectivity index (χ1) is 8.14. The van der Waals surface area contributed by atoms with E-state index in [1.807, 2.05) is 0 Å². The molecular formula is C15H24N2. The Kier molecular flexibility index (Phi) is 3.85. The van der Waals surface area contributed by atoms with E-state index in [1.165, 1.54) is 12.0 Å². The quantitative estimate of drug-likeness (QED) is 0.862. The predicted molar refractivity (Wildman–Crippen MR) is 73.0 cm³/mol. The maximum absolute atomic E-state index is 3.60. The average molecular weight is 232 g/mol. The van der Waals surface area contributed by atoms with Gasteiger partial charge in [-0.05, 0) is 25.8 Å². The fourth-order valence-electron chi connectivity index (χ4n) is 2.53. The lowest BCUT2D eigenvalue weighted by molar-refractivity contribution is 0.0453. The van der Waals surface area contributed by atoms with Crippen LogP contribution in [-0.2, 0) is 6.54 Å². The lowest BCUT2D eigenvalue weighted by Gasteiger charge is -2.47.